The number of aldehydes is 1. The van der Waals surface area contributed by atoms with Crippen molar-refractivity contribution in [3.63, 3.8) is 0 Å². The van der Waals surface area contributed by atoms with Crippen LogP contribution in [0.25, 0.3) is 0 Å². The second kappa shape index (κ2) is 5.76. The van der Waals surface area contributed by atoms with Crippen LogP contribution in [0.2, 0.25) is 0 Å². The molecule has 1 unspecified atom stereocenters. The van der Waals surface area contributed by atoms with Crippen LogP contribution in [0.4, 0.5) is 0 Å². The Kier molecular flexibility index (Phi) is 4.34. The zero-order valence-electron chi connectivity index (χ0n) is 9.27. The van der Waals surface area contributed by atoms with Crippen molar-refractivity contribution in [2.45, 2.75) is 19.4 Å². The Morgan fingerprint density at radius 1 is 1.50 bits per heavy atom. The van der Waals surface area contributed by atoms with Crippen LogP contribution in [0.15, 0.2) is 18.2 Å². The van der Waals surface area contributed by atoms with Crippen LogP contribution < -0.4 is 9.47 Å². The third kappa shape index (κ3) is 2.74. The van der Waals surface area contributed by atoms with Gasteiger partial charge in [0.15, 0.2) is 17.6 Å². The van der Waals surface area contributed by atoms with E-state index in [9.17, 15) is 4.79 Å². The van der Waals surface area contributed by atoms with Crippen molar-refractivity contribution in [1.29, 1.82) is 5.26 Å². The molecule has 4 heteroatoms. The first-order chi connectivity index (χ1) is 7.74. The maximum absolute atomic E-state index is 10.6. The molecule has 1 rings (SSSR count). The van der Waals surface area contributed by atoms with Crippen LogP contribution in [0.3, 0.4) is 0 Å². The standard InChI is InChI=1S/C12H13NO3/c1-3-10(7-13)16-12-6-9(8-14)4-5-11(12)15-2/h4-6,8,10H,3H2,1-2H3. The quantitative estimate of drug-likeness (QED) is 0.712. The van der Waals surface area contributed by atoms with E-state index in [4.69, 9.17) is 14.7 Å². The van der Waals surface area contributed by atoms with Gasteiger partial charge in [-0.15, -0.1) is 0 Å². The van der Waals surface area contributed by atoms with Gasteiger partial charge in [-0.1, -0.05) is 6.92 Å². The number of benzene rings is 1. The Balaban J connectivity index is 3.00. The van der Waals surface area contributed by atoms with Gasteiger partial charge in [0.1, 0.15) is 12.4 Å². The monoisotopic (exact) mass is 219 g/mol. The van der Waals surface area contributed by atoms with Gasteiger partial charge < -0.3 is 9.47 Å². The first-order valence-electron chi connectivity index (χ1n) is 4.94. The third-order valence-electron chi connectivity index (χ3n) is 2.11. The molecule has 0 fully saturated rings. The molecular weight excluding hydrogens is 206 g/mol. The predicted molar refractivity (Wildman–Crippen MR) is 58.7 cm³/mol. The second-order valence-electron chi connectivity index (χ2n) is 3.17. The van der Waals surface area contributed by atoms with Gasteiger partial charge in [0.05, 0.1) is 7.11 Å². The van der Waals surface area contributed by atoms with Crippen molar-refractivity contribution in [3.8, 4) is 17.6 Å². The van der Waals surface area contributed by atoms with Gasteiger partial charge in [0.2, 0.25) is 0 Å². The molecule has 1 aromatic carbocycles. The molecule has 0 heterocycles. The topological polar surface area (TPSA) is 59.3 Å². The van der Waals surface area contributed by atoms with E-state index in [0.29, 0.717) is 23.5 Å². The van der Waals surface area contributed by atoms with Crippen LogP contribution in [0, 0.1) is 11.3 Å². The number of nitrogens with zero attached hydrogens (tertiary/aromatic N) is 1. The first kappa shape index (κ1) is 12.1. The molecule has 0 radical (unpaired) electrons. The smallest absolute Gasteiger partial charge is 0.184 e. The zero-order valence-corrected chi connectivity index (χ0v) is 9.27. The fourth-order valence-electron chi connectivity index (χ4n) is 1.21. The number of nitriles is 1. The van der Waals surface area contributed by atoms with E-state index in [1.165, 1.54) is 7.11 Å². The van der Waals surface area contributed by atoms with E-state index < -0.39 is 6.10 Å². The van der Waals surface area contributed by atoms with Gasteiger partial charge in [-0.2, -0.15) is 5.26 Å². The van der Waals surface area contributed by atoms with Crippen molar-refractivity contribution in [3.05, 3.63) is 23.8 Å². The van der Waals surface area contributed by atoms with E-state index in [1.807, 2.05) is 13.0 Å². The number of rotatable bonds is 5. The molecule has 1 atom stereocenters. The van der Waals surface area contributed by atoms with Crippen LogP contribution in [-0.2, 0) is 0 Å². The molecular formula is C12H13NO3. The molecule has 0 aliphatic carbocycles. The van der Waals surface area contributed by atoms with Crippen LogP contribution in [0.5, 0.6) is 11.5 Å². The van der Waals surface area contributed by atoms with E-state index in [0.717, 1.165) is 6.29 Å². The fraction of sp³-hybridized carbons (Fsp3) is 0.333. The van der Waals surface area contributed by atoms with Crippen molar-refractivity contribution in [2.75, 3.05) is 7.11 Å². The summed E-state index contributed by atoms with van der Waals surface area (Å²) in [5.41, 5.74) is 0.489. The van der Waals surface area contributed by atoms with Gasteiger partial charge in [-0.3, -0.25) is 4.79 Å². The highest BCUT2D eigenvalue weighted by Gasteiger charge is 2.11. The Morgan fingerprint density at radius 2 is 2.25 bits per heavy atom. The maximum atomic E-state index is 10.6. The number of hydrogen-bond donors (Lipinski definition) is 0. The normalized spacial score (nSPS) is 11.3. The number of ether oxygens (including phenoxy) is 2. The first-order valence-corrected chi connectivity index (χ1v) is 4.94. The molecule has 0 aromatic heterocycles. The van der Waals surface area contributed by atoms with Crippen molar-refractivity contribution >= 4 is 6.29 Å². The van der Waals surface area contributed by atoms with E-state index in [-0.39, 0.29) is 0 Å². The lowest BCUT2D eigenvalue weighted by Crippen LogP contribution is -2.13. The second-order valence-corrected chi connectivity index (χ2v) is 3.17. The minimum absolute atomic E-state index is 0.417. The Bertz CT molecular complexity index is 409. The number of hydrogen-bond acceptors (Lipinski definition) is 4. The molecule has 84 valence electrons. The minimum atomic E-state index is -0.532. The molecule has 16 heavy (non-hydrogen) atoms. The summed E-state index contributed by atoms with van der Waals surface area (Å²) in [6.45, 7) is 1.85. The molecule has 0 aliphatic rings. The summed E-state index contributed by atoms with van der Waals surface area (Å²) in [5, 5.41) is 8.79. The van der Waals surface area contributed by atoms with E-state index in [2.05, 4.69) is 0 Å². The molecule has 0 bridgehead atoms. The molecule has 0 saturated heterocycles. The van der Waals surface area contributed by atoms with Gasteiger partial charge in [0.25, 0.3) is 0 Å². The summed E-state index contributed by atoms with van der Waals surface area (Å²) in [5.74, 6) is 0.930. The molecule has 0 saturated carbocycles. The van der Waals surface area contributed by atoms with Crippen molar-refractivity contribution < 1.29 is 14.3 Å². The molecule has 0 amide bonds. The van der Waals surface area contributed by atoms with E-state index in [1.54, 1.807) is 18.2 Å². The zero-order chi connectivity index (χ0) is 12.0. The number of carbonyl (C=O) groups is 1. The molecule has 0 N–H and O–H groups in total. The summed E-state index contributed by atoms with van der Waals surface area (Å²) in [4.78, 5) is 10.6. The lowest BCUT2D eigenvalue weighted by Gasteiger charge is -2.13. The number of methoxy groups -OCH3 is 1. The Labute approximate surface area is 94.4 Å². The highest BCUT2D eigenvalue weighted by molar-refractivity contribution is 5.76. The predicted octanol–water partition coefficient (Wildman–Crippen LogP) is 2.19. The van der Waals surface area contributed by atoms with Gasteiger partial charge >= 0.3 is 0 Å². The SMILES string of the molecule is CCC(C#N)Oc1cc(C=O)ccc1OC. The average molecular weight is 219 g/mol. The molecule has 4 nitrogen and oxygen atoms in total. The summed E-state index contributed by atoms with van der Waals surface area (Å²) < 4.78 is 10.5. The van der Waals surface area contributed by atoms with Crippen molar-refractivity contribution in [2.24, 2.45) is 0 Å². The average Bonchev–Trinajstić information content (AvgIpc) is 2.35. The lowest BCUT2D eigenvalue weighted by atomic mass is 10.2. The number of carbonyl (C=O) groups excluding carboxylic acids is 1. The van der Waals surface area contributed by atoms with Gasteiger partial charge in [-0.25, -0.2) is 0 Å². The fourth-order valence-corrected chi connectivity index (χ4v) is 1.21. The minimum Gasteiger partial charge on any atom is -0.493 e. The summed E-state index contributed by atoms with van der Waals surface area (Å²) >= 11 is 0. The largest absolute Gasteiger partial charge is 0.493 e. The molecule has 0 aliphatic heterocycles. The van der Waals surface area contributed by atoms with Gasteiger partial charge in [-0.05, 0) is 24.6 Å². The van der Waals surface area contributed by atoms with Gasteiger partial charge in [0, 0.05) is 5.56 Å². The molecule has 1 aromatic rings. The third-order valence-corrected chi connectivity index (χ3v) is 2.11. The lowest BCUT2D eigenvalue weighted by molar-refractivity contribution is 0.112. The van der Waals surface area contributed by atoms with Crippen LogP contribution >= 0.6 is 0 Å². The maximum Gasteiger partial charge on any atom is 0.184 e. The summed E-state index contributed by atoms with van der Waals surface area (Å²) in [6, 6.07) is 6.86. The van der Waals surface area contributed by atoms with E-state index >= 15 is 0 Å². The van der Waals surface area contributed by atoms with Crippen molar-refractivity contribution in [1.82, 2.24) is 0 Å². The summed E-state index contributed by atoms with van der Waals surface area (Å²) in [6.07, 6.45) is 0.765. The summed E-state index contributed by atoms with van der Waals surface area (Å²) in [7, 11) is 1.51. The highest BCUT2D eigenvalue weighted by Crippen LogP contribution is 2.28. The molecule has 0 spiro atoms. The highest BCUT2D eigenvalue weighted by atomic mass is 16.5. The van der Waals surface area contributed by atoms with Crippen LogP contribution in [0.1, 0.15) is 23.7 Å². The van der Waals surface area contributed by atoms with Crippen LogP contribution in [-0.4, -0.2) is 19.5 Å². The Hall–Kier alpha value is -2.02. The Morgan fingerprint density at radius 3 is 2.75 bits per heavy atom.